The number of fused-ring (bicyclic) bond motifs is 3. The number of amides is 2. The first-order valence-electron chi connectivity index (χ1n) is 31.5. The van der Waals surface area contributed by atoms with Crippen LogP contribution in [0.25, 0.3) is 0 Å². The second kappa shape index (κ2) is 40.4. The Labute approximate surface area is 515 Å². The fourth-order valence-corrected chi connectivity index (χ4v) is 11.4. The largest absolute Gasteiger partial charge is 0.459 e. The van der Waals surface area contributed by atoms with Crippen molar-refractivity contribution in [2.75, 3.05) is 107 Å². The third kappa shape index (κ3) is 25.5. The van der Waals surface area contributed by atoms with E-state index in [1.807, 2.05) is 51.2 Å². The van der Waals surface area contributed by atoms with Crippen molar-refractivity contribution < 1.29 is 96.2 Å². The van der Waals surface area contributed by atoms with Gasteiger partial charge in [-0.15, -0.1) is 0 Å². The molecule has 1 saturated carbocycles. The Morgan fingerprint density at radius 1 is 0.747 bits per heavy atom. The van der Waals surface area contributed by atoms with E-state index in [2.05, 4.69) is 5.32 Å². The Hall–Kier alpha value is -4.34. The van der Waals surface area contributed by atoms with Crippen LogP contribution >= 0.6 is 0 Å². The number of methoxy groups -OCH3 is 2. The predicted octanol–water partition coefficient (Wildman–Crippen LogP) is 5.07. The van der Waals surface area contributed by atoms with Crippen molar-refractivity contribution >= 4 is 35.3 Å². The van der Waals surface area contributed by atoms with Crippen LogP contribution < -0.4 is 11.1 Å². The third-order valence-electron chi connectivity index (χ3n) is 16.8. The summed E-state index contributed by atoms with van der Waals surface area (Å²) in [4.78, 5) is 85.1. The normalized spacial score (nSPS) is 33.1. The lowest BCUT2D eigenvalue weighted by Crippen LogP contribution is -2.61. The number of carbonyl (C=O) groups excluding carboxylic acids is 6. The average molecular weight is 1240 g/mol. The number of nitrogens with two attached hydrogens (primary N) is 1. The van der Waals surface area contributed by atoms with Crippen molar-refractivity contribution in [2.45, 2.75) is 186 Å². The monoisotopic (exact) mass is 1240 g/mol. The van der Waals surface area contributed by atoms with E-state index in [0.717, 1.165) is 10.5 Å². The molecule has 2 bridgehead atoms. The van der Waals surface area contributed by atoms with Gasteiger partial charge in [0.05, 0.1) is 91.0 Å². The molecule has 87 heavy (non-hydrogen) atoms. The molecule has 3 heterocycles. The minimum absolute atomic E-state index is 0.00990. The number of esters is 1. The number of hydrogen-bond acceptors (Lipinski definition) is 21. The van der Waals surface area contributed by atoms with Crippen LogP contribution in [0.3, 0.4) is 0 Å². The van der Waals surface area contributed by atoms with Crippen molar-refractivity contribution in [3.05, 3.63) is 47.6 Å². The van der Waals surface area contributed by atoms with Gasteiger partial charge < -0.3 is 83.4 Å². The zero-order valence-electron chi connectivity index (χ0n) is 53.2. The molecular formula is C64H105N3O20. The molecule has 0 unspecified atom stereocenters. The maximum Gasteiger partial charge on any atom is 0.407 e. The van der Waals surface area contributed by atoms with Crippen LogP contribution in [0.15, 0.2) is 47.6 Å². The van der Waals surface area contributed by atoms with Gasteiger partial charge in [0.25, 0.3) is 11.7 Å². The Balaban J connectivity index is 1.42. The van der Waals surface area contributed by atoms with Gasteiger partial charge in [-0.05, 0) is 108 Å². The number of aliphatic hydroxyl groups is 3. The number of rotatable bonds is 25. The first-order valence-corrected chi connectivity index (χ1v) is 31.5. The first-order chi connectivity index (χ1) is 41.6. The number of cyclic esters (lactones) is 1. The van der Waals surface area contributed by atoms with Gasteiger partial charge in [0, 0.05) is 70.6 Å². The van der Waals surface area contributed by atoms with Crippen molar-refractivity contribution in [3.8, 4) is 0 Å². The number of hydrogen-bond donors (Lipinski definition) is 5. The maximum atomic E-state index is 14.6. The summed E-state index contributed by atoms with van der Waals surface area (Å²) in [6.45, 7) is 17.7. The third-order valence-corrected chi connectivity index (χ3v) is 16.8. The molecule has 0 aromatic carbocycles. The summed E-state index contributed by atoms with van der Waals surface area (Å²) in [6, 6.07) is -2.21. The number of carbonyl (C=O) groups is 6. The van der Waals surface area contributed by atoms with Gasteiger partial charge in [-0.3, -0.25) is 19.2 Å². The Morgan fingerprint density at radius 3 is 2.00 bits per heavy atom. The molecule has 23 heteroatoms. The lowest BCUT2D eigenvalue weighted by atomic mass is 9.80. The molecular weight excluding hydrogens is 1130 g/mol. The fourth-order valence-electron chi connectivity index (χ4n) is 11.4. The van der Waals surface area contributed by atoms with E-state index in [9.17, 15) is 44.1 Å². The van der Waals surface area contributed by atoms with Crippen LogP contribution in [0.4, 0.5) is 4.79 Å². The molecule has 3 aliphatic heterocycles. The molecule has 0 aromatic rings. The number of nitrogens with zero attached hydrogens (tertiary/aromatic N) is 1. The highest BCUT2D eigenvalue weighted by Gasteiger charge is 2.53. The second-order valence-corrected chi connectivity index (χ2v) is 23.6. The van der Waals surface area contributed by atoms with Crippen LogP contribution in [-0.4, -0.2) is 223 Å². The summed E-state index contributed by atoms with van der Waals surface area (Å²) in [5, 5.41) is 37.1. The van der Waals surface area contributed by atoms with Crippen molar-refractivity contribution in [3.63, 3.8) is 0 Å². The highest BCUT2D eigenvalue weighted by Crippen LogP contribution is 2.37. The maximum absolute atomic E-state index is 14.6. The quantitative estimate of drug-likeness (QED) is 0.0345. The summed E-state index contributed by atoms with van der Waals surface area (Å²) >= 11 is 0. The van der Waals surface area contributed by atoms with E-state index in [1.54, 1.807) is 27.9 Å². The molecule has 0 aromatic heterocycles. The number of allylic oxidation sites excluding steroid dienone is 6. The van der Waals surface area contributed by atoms with E-state index >= 15 is 0 Å². The molecule has 2 saturated heterocycles. The molecule has 3 fully saturated rings. The van der Waals surface area contributed by atoms with Gasteiger partial charge >= 0.3 is 12.1 Å². The number of ketones is 3. The lowest BCUT2D eigenvalue weighted by Gasteiger charge is -2.42. The van der Waals surface area contributed by atoms with Crippen LogP contribution in [-0.2, 0) is 76.1 Å². The van der Waals surface area contributed by atoms with E-state index in [0.29, 0.717) is 124 Å². The fraction of sp³-hybridized carbons (Fsp3) is 0.781. The number of ether oxygens (including phenoxy) is 11. The summed E-state index contributed by atoms with van der Waals surface area (Å²) in [5.41, 5.74) is 8.00. The molecule has 0 radical (unpaired) electrons. The summed E-state index contributed by atoms with van der Waals surface area (Å²) in [6.07, 6.45) is 7.10. The van der Waals surface area contributed by atoms with Crippen molar-refractivity contribution in [2.24, 2.45) is 35.3 Å². The summed E-state index contributed by atoms with van der Waals surface area (Å²) in [5.74, 6) is -9.16. The molecule has 23 nitrogen and oxygen atoms in total. The van der Waals surface area contributed by atoms with Crippen LogP contribution in [0.2, 0.25) is 0 Å². The van der Waals surface area contributed by atoms with Gasteiger partial charge in [-0.1, -0.05) is 64.2 Å². The van der Waals surface area contributed by atoms with Gasteiger partial charge in [-0.2, -0.15) is 0 Å². The Bertz CT molecular complexity index is 2230. The molecule has 0 spiro atoms. The zero-order valence-corrected chi connectivity index (χ0v) is 53.2. The van der Waals surface area contributed by atoms with Crippen molar-refractivity contribution in [1.82, 2.24) is 10.2 Å². The second-order valence-electron chi connectivity index (χ2n) is 23.6. The number of alkyl carbamates (subject to hydrolysis) is 1. The number of piperidine rings is 1. The molecule has 6 N–H and O–H groups in total. The van der Waals surface area contributed by atoms with Crippen molar-refractivity contribution in [1.29, 1.82) is 0 Å². The minimum atomic E-state index is -2.50. The van der Waals surface area contributed by atoms with Gasteiger partial charge in [-0.25, -0.2) is 9.59 Å². The van der Waals surface area contributed by atoms with E-state index < -0.39 is 120 Å². The first kappa shape index (κ1) is 75.1. The SMILES string of the molecule is CCOCCOCCOCCOCCOCCOCCNC(=O)O[C@@H]1CC[C@@H](C[C@@H](N)[C@@H]2CC(=O)[C@H](C)/C=C(\C)[C@@H](O)[C@@H](O)C(=O)[C@H](C)C[C@H](C)/C=C/C=C/C=C(\C)[C@@H](OC)C[C@@H]3CC[C@@H](C)[C@@](O)(O3)C(=O)C(=O)N3CCCC[C@H]3C(=O)O2)C[C@H]1OC. The van der Waals surface area contributed by atoms with Crippen LogP contribution in [0.5, 0.6) is 0 Å². The Morgan fingerprint density at radius 2 is 1.38 bits per heavy atom. The molecule has 4 aliphatic rings. The predicted molar refractivity (Wildman–Crippen MR) is 322 cm³/mol. The molecule has 496 valence electrons. The van der Waals surface area contributed by atoms with E-state index in [1.165, 1.54) is 20.1 Å². The summed E-state index contributed by atoms with van der Waals surface area (Å²) < 4.78 is 62.6. The molecule has 15 atom stereocenters. The highest BCUT2D eigenvalue weighted by molar-refractivity contribution is 6.39. The van der Waals surface area contributed by atoms with Crippen LogP contribution in [0.1, 0.15) is 126 Å². The number of nitrogens with one attached hydrogen (secondary N) is 1. The zero-order chi connectivity index (χ0) is 63.9. The van der Waals surface area contributed by atoms with Crippen LogP contribution in [0, 0.1) is 29.6 Å². The lowest BCUT2D eigenvalue weighted by molar-refractivity contribution is -0.265. The van der Waals surface area contributed by atoms with Gasteiger partial charge in [0.15, 0.2) is 5.78 Å². The van der Waals surface area contributed by atoms with E-state index in [-0.39, 0.29) is 56.4 Å². The standard InChI is InChI=1S/C64H105N3O20/c1-10-79-26-27-81-30-31-83-34-35-84-33-32-82-29-28-80-25-23-66-63(75)86-53-22-20-48(39-56(53)78-9)38-50(65)55-41-52(68)44(4)37-46(6)58(70)59(71)57(69)45(5)36-42(2)16-12-11-13-17-43(3)54(77-8)40-49-21-19-47(7)64(76,87-49)60(72)61(73)67-24-15-14-18-51(67)62(74)85-55/h11-13,16-17,37,42,44-45,47-51,53-56,58-59,70-71,76H,10,14-15,18-36,38-41,65H2,1-9H3,(H,66,75)/b13-11+,16-12+,43-17+,46-37+/t42-,44-,45-,47-,48+,49+,50-,51+,53-,54+,55+,56-,58-,59+,64-/m1/s1. The molecule has 1 aliphatic carbocycles. The molecule has 2 amide bonds. The van der Waals surface area contributed by atoms with E-state index in [4.69, 9.17) is 57.8 Å². The topological polar surface area (TPSA) is 306 Å². The number of Topliss-reactive ketones (excluding diaryl/α,β-unsaturated/α-hetero) is 3. The Kier molecular flexibility index (Phi) is 34.9. The minimum Gasteiger partial charge on any atom is -0.459 e. The molecule has 4 rings (SSSR count). The van der Waals surface area contributed by atoms with Gasteiger partial charge in [0.2, 0.25) is 5.79 Å². The highest BCUT2D eigenvalue weighted by atomic mass is 16.6. The summed E-state index contributed by atoms with van der Waals surface area (Å²) in [7, 11) is 3.07. The smallest absolute Gasteiger partial charge is 0.407 e. The number of aliphatic hydroxyl groups excluding tert-OH is 2. The van der Waals surface area contributed by atoms with Gasteiger partial charge in [0.1, 0.15) is 36.2 Å². The average Bonchev–Trinajstić information content (AvgIpc) is 1.86.